The Kier molecular flexibility index (Phi) is 4.07. The molecule has 0 unspecified atom stereocenters. The Morgan fingerprint density at radius 1 is 1.05 bits per heavy atom. The van der Waals surface area contributed by atoms with Gasteiger partial charge in [0.2, 0.25) is 5.78 Å². The Hall–Kier alpha value is -1.29. The molecule has 0 N–H and O–H groups in total. The summed E-state index contributed by atoms with van der Waals surface area (Å²) in [5, 5.41) is 2.55. The summed E-state index contributed by atoms with van der Waals surface area (Å²) in [6, 6.07) is 12.0. The quantitative estimate of drug-likeness (QED) is 0.418. The maximum Gasteiger partial charge on any atom is 0.228 e. The lowest BCUT2D eigenvalue weighted by atomic mass is 10.0. The predicted molar refractivity (Wildman–Crippen MR) is 88.7 cm³/mol. The lowest BCUT2D eigenvalue weighted by molar-refractivity contribution is 0.101. The second kappa shape index (κ2) is 5.84. The van der Waals surface area contributed by atoms with Crippen LogP contribution in [0.15, 0.2) is 46.9 Å². The van der Waals surface area contributed by atoms with Crippen LogP contribution in [0.1, 0.15) is 21.7 Å². The molecule has 0 aliphatic heterocycles. The highest BCUT2D eigenvalue weighted by molar-refractivity contribution is 9.08. The van der Waals surface area contributed by atoms with E-state index in [0.29, 0.717) is 32.3 Å². The van der Waals surface area contributed by atoms with Crippen LogP contribution < -0.4 is 0 Å². The molecule has 0 aliphatic rings. The second-order valence-corrected chi connectivity index (χ2v) is 5.95. The van der Waals surface area contributed by atoms with Gasteiger partial charge in [0.1, 0.15) is 5.58 Å². The minimum absolute atomic E-state index is 0.173. The number of hydrogen-bond acceptors (Lipinski definition) is 2. The zero-order valence-corrected chi connectivity index (χ0v) is 13.8. The van der Waals surface area contributed by atoms with Gasteiger partial charge < -0.3 is 4.42 Å². The molecule has 0 aliphatic carbocycles. The Bertz CT molecular complexity index is 822. The Morgan fingerprint density at radius 3 is 2.38 bits per heavy atom. The number of rotatable bonds is 3. The molecule has 0 amide bonds. The fourth-order valence-electron chi connectivity index (χ4n) is 2.17. The van der Waals surface area contributed by atoms with E-state index in [0.717, 1.165) is 10.9 Å². The first-order valence-electron chi connectivity index (χ1n) is 6.17. The molecule has 21 heavy (non-hydrogen) atoms. The van der Waals surface area contributed by atoms with Crippen molar-refractivity contribution in [3.8, 4) is 0 Å². The third-order valence-electron chi connectivity index (χ3n) is 3.20. The number of carbonyl (C=O) groups excluding carboxylic acids is 1. The first-order chi connectivity index (χ1) is 10.1. The van der Waals surface area contributed by atoms with E-state index < -0.39 is 0 Å². The second-order valence-electron chi connectivity index (χ2n) is 4.52. The molecule has 1 aromatic heterocycles. The lowest BCUT2D eigenvalue weighted by Gasteiger charge is -2.00. The predicted octanol–water partition coefficient (Wildman–Crippen LogP) is 5.87. The summed E-state index contributed by atoms with van der Waals surface area (Å²) in [6.45, 7) is 0. The molecule has 0 atom stereocenters. The molecule has 0 saturated carbocycles. The van der Waals surface area contributed by atoms with E-state index in [1.54, 1.807) is 42.5 Å². The lowest BCUT2D eigenvalue weighted by Crippen LogP contribution is -2.02. The molecule has 0 saturated heterocycles. The summed E-state index contributed by atoms with van der Waals surface area (Å²) in [5.74, 6) is 0.153. The number of hydrogen-bond donors (Lipinski definition) is 0. The molecule has 3 rings (SSSR count). The summed E-state index contributed by atoms with van der Waals surface area (Å²) in [7, 11) is 0. The van der Waals surface area contributed by atoms with Gasteiger partial charge in [-0.25, -0.2) is 0 Å². The number of fused-ring (bicyclic) bond motifs is 1. The van der Waals surface area contributed by atoms with Crippen LogP contribution in [0.3, 0.4) is 0 Å². The molecule has 0 spiro atoms. The topological polar surface area (TPSA) is 30.2 Å². The molecule has 0 radical (unpaired) electrons. The van der Waals surface area contributed by atoms with Crippen molar-refractivity contribution in [2.45, 2.75) is 5.33 Å². The van der Waals surface area contributed by atoms with Crippen molar-refractivity contribution in [3.63, 3.8) is 0 Å². The van der Waals surface area contributed by atoms with Gasteiger partial charge in [-0.2, -0.15) is 0 Å². The average Bonchev–Trinajstić information content (AvgIpc) is 2.85. The highest BCUT2D eigenvalue weighted by atomic mass is 79.9. The molecule has 5 heteroatoms. The molecule has 2 aromatic carbocycles. The fraction of sp³-hybridized carbons (Fsp3) is 0.0625. The van der Waals surface area contributed by atoms with Crippen molar-refractivity contribution in [2.75, 3.05) is 0 Å². The molecule has 1 heterocycles. The summed E-state index contributed by atoms with van der Waals surface area (Å²) in [6.07, 6.45) is 0. The first-order valence-corrected chi connectivity index (χ1v) is 8.05. The number of furan rings is 1. The zero-order valence-electron chi connectivity index (χ0n) is 10.7. The van der Waals surface area contributed by atoms with Crippen molar-refractivity contribution in [2.24, 2.45) is 0 Å². The van der Waals surface area contributed by atoms with Gasteiger partial charge in [0.25, 0.3) is 0 Å². The first kappa shape index (κ1) is 14.6. The normalized spacial score (nSPS) is 11.0. The number of alkyl halides is 1. The molecule has 0 fully saturated rings. The smallest absolute Gasteiger partial charge is 0.228 e. The van der Waals surface area contributed by atoms with E-state index in [4.69, 9.17) is 27.6 Å². The van der Waals surface area contributed by atoms with Crippen LogP contribution in [-0.4, -0.2) is 5.78 Å². The monoisotopic (exact) mass is 382 g/mol. The van der Waals surface area contributed by atoms with E-state index in [2.05, 4.69) is 15.9 Å². The van der Waals surface area contributed by atoms with Crippen molar-refractivity contribution in [1.82, 2.24) is 0 Å². The van der Waals surface area contributed by atoms with Crippen LogP contribution in [0.25, 0.3) is 11.0 Å². The standard InChI is InChI=1S/C16H9BrCl2O2/c17-8-13-12-7-11(19)5-6-14(12)21-16(13)15(20)9-1-3-10(18)4-2-9/h1-7H,8H2. The third kappa shape index (κ3) is 2.73. The minimum atomic E-state index is -0.173. The van der Waals surface area contributed by atoms with Gasteiger partial charge in [0.05, 0.1) is 0 Å². The van der Waals surface area contributed by atoms with Crippen LogP contribution in [0.5, 0.6) is 0 Å². The van der Waals surface area contributed by atoms with E-state index >= 15 is 0 Å². The zero-order chi connectivity index (χ0) is 15.0. The molecular weight excluding hydrogens is 375 g/mol. The van der Waals surface area contributed by atoms with Crippen LogP contribution in [0.4, 0.5) is 0 Å². The number of benzene rings is 2. The summed E-state index contributed by atoms with van der Waals surface area (Å²) < 4.78 is 5.72. The maximum atomic E-state index is 12.6. The molecule has 106 valence electrons. The highest BCUT2D eigenvalue weighted by Gasteiger charge is 2.21. The van der Waals surface area contributed by atoms with Gasteiger partial charge in [-0.1, -0.05) is 39.1 Å². The summed E-state index contributed by atoms with van der Waals surface area (Å²) >= 11 is 15.3. The van der Waals surface area contributed by atoms with Gasteiger partial charge in [-0.15, -0.1) is 0 Å². The highest BCUT2D eigenvalue weighted by Crippen LogP contribution is 2.31. The Morgan fingerprint density at radius 2 is 1.71 bits per heavy atom. The minimum Gasteiger partial charge on any atom is -0.452 e. The van der Waals surface area contributed by atoms with Gasteiger partial charge >= 0.3 is 0 Å². The van der Waals surface area contributed by atoms with Gasteiger partial charge in [0.15, 0.2) is 5.76 Å². The number of carbonyl (C=O) groups is 1. The summed E-state index contributed by atoms with van der Waals surface area (Å²) in [5.41, 5.74) is 1.98. The molecule has 3 aromatic rings. The van der Waals surface area contributed by atoms with Crippen molar-refractivity contribution < 1.29 is 9.21 Å². The van der Waals surface area contributed by atoms with Crippen molar-refractivity contribution >= 4 is 55.9 Å². The van der Waals surface area contributed by atoms with Crippen LogP contribution >= 0.6 is 39.1 Å². The molecule has 0 bridgehead atoms. The SMILES string of the molecule is O=C(c1ccc(Cl)cc1)c1oc2ccc(Cl)cc2c1CBr. The molecule has 2 nitrogen and oxygen atoms in total. The Labute approximate surface area is 139 Å². The van der Waals surface area contributed by atoms with Crippen LogP contribution in [-0.2, 0) is 5.33 Å². The van der Waals surface area contributed by atoms with Crippen molar-refractivity contribution in [1.29, 1.82) is 0 Å². The maximum absolute atomic E-state index is 12.6. The number of halogens is 3. The fourth-order valence-corrected chi connectivity index (χ4v) is 3.02. The van der Waals surface area contributed by atoms with Crippen molar-refractivity contribution in [3.05, 3.63) is 69.4 Å². The molecular formula is C16H9BrCl2O2. The summed E-state index contributed by atoms with van der Waals surface area (Å²) in [4.78, 5) is 12.6. The number of ketones is 1. The van der Waals surface area contributed by atoms with Crippen LogP contribution in [0, 0.1) is 0 Å². The van der Waals surface area contributed by atoms with E-state index in [-0.39, 0.29) is 5.78 Å². The Balaban J connectivity index is 2.15. The van der Waals surface area contributed by atoms with E-state index in [1.807, 2.05) is 0 Å². The van der Waals surface area contributed by atoms with E-state index in [1.165, 1.54) is 0 Å². The van der Waals surface area contributed by atoms with E-state index in [9.17, 15) is 4.79 Å². The largest absolute Gasteiger partial charge is 0.452 e. The van der Waals surface area contributed by atoms with Gasteiger partial charge in [-0.3, -0.25) is 4.79 Å². The van der Waals surface area contributed by atoms with Gasteiger partial charge in [-0.05, 0) is 42.5 Å². The average molecular weight is 384 g/mol. The third-order valence-corrected chi connectivity index (χ3v) is 4.25. The van der Waals surface area contributed by atoms with Gasteiger partial charge in [0, 0.05) is 31.9 Å². The van der Waals surface area contributed by atoms with Crippen LogP contribution in [0.2, 0.25) is 10.0 Å².